The summed E-state index contributed by atoms with van der Waals surface area (Å²) in [6, 6.07) is -0.440. The summed E-state index contributed by atoms with van der Waals surface area (Å²) in [5, 5.41) is 11.4. The third-order valence-corrected chi connectivity index (χ3v) is 9.29. The summed E-state index contributed by atoms with van der Waals surface area (Å²) in [4.78, 5) is 37.9. The third-order valence-electron chi connectivity index (χ3n) is 9.18. The molecule has 7 nitrogen and oxygen atoms in total. The lowest BCUT2D eigenvalue weighted by molar-refractivity contribution is -0.229. The van der Waals surface area contributed by atoms with Gasteiger partial charge >= 0.3 is 12.1 Å². The van der Waals surface area contributed by atoms with E-state index in [4.69, 9.17) is 25.8 Å². The Morgan fingerprint density at radius 3 is 2.62 bits per heavy atom. The highest BCUT2D eigenvalue weighted by molar-refractivity contribution is 6.17. The minimum atomic E-state index is -2.06. The maximum absolute atomic E-state index is 17.3. The lowest BCUT2D eigenvalue weighted by Gasteiger charge is -2.62. The highest BCUT2D eigenvalue weighted by Gasteiger charge is 2.78. The number of alkyl halides is 2. The lowest BCUT2D eigenvalue weighted by Crippen LogP contribution is -2.70. The van der Waals surface area contributed by atoms with Gasteiger partial charge in [-0.15, -0.1) is 0 Å². The van der Waals surface area contributed by atoms with Gasteiger partial charge in [0.25, 0.3) is 0 Å². The van der Waals surface area contributed by atoms with E-state index in [1.807, 2.05) is 0 Å². The van der Waals surface area contributed by atoms with Crippen LogP contribution in [0.15, 0.2) is 23.8 Å². The molecule has 9 heteroatoms. The predicted octanol–water partition coefficient (Wildman–Crippen LogP) is 4.25. The molecular formula is C25H32ClFO7. The Morgan fingerprint density at radius 2 is 1.97 bits per heavy atom. The number of allylic oxidation sites excluding steroid dienone is 4. The van der Waals surface area contributed by atoms with Gasteiger partial charge in [0, 0.05) is 22.7 Å². The van der Waals surface area contributed by atoms with Crippen molar-refractivity contribution in [2.75, 3.05) is 12.7 Å². The molecule has 0 spiro atoms. The molecule has 188 valence electrons. The van der Waals surface area contributed by atoms with Gasteiger partial charge in [-0.25, -0.2) is 14.0 Å². The number of esters is 1. The highest BCUT2D eigenvalue weighted by Crippen LogP contribution is 2.71. The Kier molecular flexibility index (Phi) is 6.17. The molecule has 4 rings (SSSR count). The van der Waals surface area contributed by atoms with Crippen LogP contribution in [0.5, 0.6) is 0 Å². The molecule has 0 aliphatic heterocycles. The van der Waals surface area contributed by atoms with E-state index < -0.39 is 64.1 Å². The summed E-state index contributed by atoms with van der Waals surface area (Å²) in [5.74, 6) is -2.59. The first-order valence-electron chi connectivity index (χ1n) is 11.8. The second-order valence-corrected chi connectivity index (χ2v) is 10.7. The van der Waals surface area contributed by atoms with Gasteiger partial charge < -0.3 is 19.3 Å². The van der Waals surface area contributed by atoms with Crippen molar-refractivity contribution < 1.29 is 38.1 Å². The molecule has 0 aromatic rings. The number of ketones is 1. The Morgan fingerprint density at radius 1 is 1.26 bits per heavy atom. The molecule has 3 fully saturated rings. The van der Waals surface area contributed by atoms with E-state index in [0.717, 1.165) is 0 Å². The normalized spacial score (nSPS) is 44.9. The molecular weight excluding hydrogens is 467 g/mol. The monoisotopic (exact) mass is 498 g/mol. The molecule has 8 atom stereocenters. The number of halogens is 2. The highest BCUT2D eigenvalue weighted by atomic mass is 35.5. The smallest absolute Gasteiger partial charge is 0.446 e. The number of carbonyl (C=O) groups is 3. The van der Waals surface area contributed by atoms with E-state index in [2.05, 4.69) is 0 Å². The first-order valence-corrected chi connectivity index (χ1v) is 12.4. The predicted molar refractivity (Wildman–Crippen MR) is 121 cm³/mol. The van der Waals surface area contributed by atoms with E-state index in [0.29, 0.717) is 24.8 Å². The zero-order valence-corrected chi connectivity index (χ0v) is 20.7. The van der Waals surface area contributed by atoms with E-state index in [1.165, 1.54) is 12.2 Å². The topological polar surface area (TPSA) is 99.1 Å². The van der Waals surface area contributed by atoms with Crippen LogP contribution in [0.25, 0.3) is 0 Å². The van der Waals surface area contributed by atoms with Crippen LogP contribution in [0.3, 0.4) is 0 Å². The van der Waals surface area contributed by atoms with Gasteiger partial charge in [-0.2, -0.15) is 0 Å². The van der Waals surface area contributed by atoms with Gasteiger partial charge in [-0.3, -0.25) is 4.79 Å². The second-order valence-electron chi connectivity index (χ2n) is 10.5. The number of ether oxygens (including phenoxy) is 3. The van der Waals surface area contributed by atoms with Crippen molar-refractivity contribution in [1.29, 1.82) is 0 Å². The zero-order valence-electron chi connectivity index (χ0n) is 19.9. The summed E-state index contributed by atoms with van der Waals surface area (Å²) in [6.07, 6.45) is 3.03. The Labute approximate surface area is 203 Å². The van der Waals surface area contributed by atoms with Gasteiger partial charge in [-0.05, 0) is 57.6 Å². The van der Waals surface area contributed by atoms with Crippen LogP contribution >= 0.6 is 11.6 Å². The third kappa shape index (κ3) is 3.06. The van der Waals surface area contributed by atoms with E-state index in [1.54, 1.807) is 33.8 Å². The fourth-order valence-corrected chi connectivity index (χ4v) is 7.76. The number of aliphatic hydroxyl groups is 1. The van der Waals surface area contributed by atoms with E-state index >= 15 is 4.39 Å². The Bertz CT molecular complexity index is 965. The van der Waals surface area contributed by atoms with E-state index in [-0.39, 0.29) is 18.8 Å². The van der Waals surface area contributed by atoms with Gasteiger partial charge in [0.05, 0.1) is 12.7 Å². The second kappa shape index (κ2) is 8.33. The largest absolute Gasteiger partial charge is 0.509 e. The van der Waals surface area contributed by atoms with Crippen LogP contribution in [0, 0.1) is 28.6 Å². The Hall–Kier alpha value is -1.93. The van der Waals surface area contributed by atoms with Crippen LogP contribution < -0.4 is 0 Å². The summed E-state index contributed by atoms with van der Waals surface area (Å²) >= 11 is 5.71. The fraction of sp³-hybridized carbons (Fsp3) is 0.720. The molecule has 4 aliphatic carbocycles. The summed E-state index contributed by atoms with van der Waals surface area (Å²) in [7, 11) is 0. The van der Waals surface area contributed by atoms with Gasteiger partial charge in [0.1, 0.15) is 0 Å². The van der Waals surface area contributed by atoms with Gasteiger partial charge in [0.15, 0.2) is 17.5 Å². The average molecular weight is 499 g/mol. The van der Waals surface area contributed by atoms with Crippen molar-refractivity contribution in [2.24, 2.45) is 28.6 Å². The maximum Gasteiger partial charge on any atom is 0.509 e. The van der Waals surface area contributed by atoms with E-state index in [9.17, 15) is 19.5 Å². The van der Waals surface area contributed by atoms with Crippen LogP contribution in [0.4, 0.5) is 9.18 Å². The molecule has 0 aromatic carbocycles. The molecule has 34 heavy (non-hydrogen) atoms. The van der Waals surface area contributed by atoms with Crippen molar-refractivity contribution in [3.63, 3.8) is 0 Å². The SMILES string of the molecule is CCOC(=O)OC1(C(=O)OCCl)C(C)CC2C3CCC4=CC(=O)C=C[C@]4(C)[C@@]3(F)C(O)C[C@@]21C. The van der Waals surface area contributed by atoms with Crippen LogP contribution in [0.2, 0.25) is 0 Å². The molecule has 4 aliphatic rings. The molecule has 0 amide bonds. The quantitative estimate of drug-likeness (QED) is 0.456. The van der Waals surface area contributed by atoms with Crippen LogP contribution in [-0.2, 0) is 23.8 Å². The van der Waals surface area contributed by atoms with Crippen molar-refractivity contribution in [3.05, 3.63) is 23.8 Å². The first-order chi connectivity index (χ1) is 15.9. The molecule has 0 aromatic heterocycles. The summed E-state index contributed by atoms with van der Waals surface area (Å²) in [6.45, 7) is 6.91. The number of rotatable bonds is 4. The van der Waals surface area contributed by atoms with Crippen molar-refractivity contribution in [3.8, 4) is 0 Å². The maximum atomic E-state index is 17.3. The lowest BCUT2D eigenvalue weighted by atomic mass is 9.44. The number of carbonyl (C=O) groups excluding carboxylic acids is 3. The molecule has 0 heterocycles. The number of aliphatic hydroxyl groups excluding tert-OH is 1. The van der Waals surface area contributed by atoms with Crippen LogP contribution in [0.1, 0.15) is 53.4 Å². The Balaban J connectivity index is 1.83. The molecule has 0 bridgehead atoms. The number of hydrogen-bond acceptors (Lipinski definition) is 7. The zero-order chi connectivity index (χ0) is 25.1. The standard InChI is InChI=1S/C25H32ClFO7/c1-5-32-21(31)34-25(20(30)33-13-26)14(2)10-18-17-7-6-15-11-16(28)8-9-22(15,3)24(17,27)19(29)12-23(18,25)4/h8-9,11,14,17-19,29H,5-7,10,12-13H2,1-4H3/t14?,17?,18?,19?,22-,23-,24-,25?/m0/s1. The molecule has 5 unspecified atom stereocenters. The van der Waals surface area contributed by atoms with Crippen molar-refractivity contribution in [1.82, 2.24) is 0 Å². The number of hydrogen-bond donors (Lipinski definition) is 1. The summed E-state index contributed by atoms with van der Waals surface area (Å²) < 4.78 is 33.2. The van der Waals surface area contributed by atoms with Crippen molar-refractivity contribution in [2.45, 2.75) is 70.8 Å². The molecule has 1 N–H and O–H groups in total. The first kappa shape index (κ1) is 25.2. The van der Waals surface area contributed by atoms with Gasteiger partial charge in [-0.1, -0.05) is 37.1 Å². The molecule has 0 radical (unpaired) electrons. The van der Waals surface area contributed by atoms with Crippen molar-refractivity contribution >= 4 is 29.5 Å². The minimum absolute atomic E-state index is 0.0470. The van der Waals surface area contributed by atoms with Crippen LogP contribution in [-0.4, -0.2) is 53.1 Å². The number of fused-ring (bicyclic) bond motifs is 5. The average Bonchev–Trinajstić information content (AvgIpc) is 2.97. The fourth-order valence-electron chi connectivity index (χ4n) is 7.66. The van der Waals surface area contributed by atoms with Gasteiger partial charge in [0.2, 0.25) is 5.60 Å². The molecule has 3 saturated carbocycles. The minimum Gasteiger partial charge on any atom is -0.446 e. The molecule has 0 saturated heterocycles. The summed E-state index contributed by atoms with van der Waals surface area (Å²) in [5.41, 5.74) is -5.47.